The number of rotatable bonds is 4. The minimum Gasteiger partial charge on any atom is -0.355 e. The van der Waals surface area contributed by atoms with Gasteiger partial charge in [0.1, 0.15) is 11.1 Å². The second-order valence-electron chi connectivity index (χ2n) is 8.88. The van der Waals surface area contributed by atoms with Crippen LogP contribution in [0.4, 0.5) is 30.2 Å². The molecule has 2 aromatic heterocycles. The van der Waals surface area contributed by atoms with Gasteiger partial charge in [0.05, 0.1) is 5.69 Å². The highest BCUT2D eigenvalue weighted by Gasteiger charge is 2.59. The minimum absolute atomic E-state index is 0.187. The lowest BCUT2D eigenvalue weighted by atomic mass is 9.72. The van der Waals surface area contributed by atoms with Crippen molar-refractivity contribution in [2.45, 2.75) is 38.3 Å². The topological polar surface area (TPSA) is 86.9 Å². The van der Waals surface area contributed by atoms with Crippen LogP contribution in [0, 0.1) is 5.41 Å². The predicted molar refractivity (Wildman–Crippen MR) is 130 cm³/mol. The van der Waals surface area contributed by atoms with Gasteiger partial charge in [-0.2, -0.15) is 13.2 Å². The Balaban J connectivity index is 1.41. The van der Waals surface area contributed by atoms with Crippen molar-refractivity contribution in [3.05, 3.63) is 71.1 Å². The molecule has 1 aliphatic carbocycles. The average molecular weight is 480 g/mol. The van der Waals surface area contributed by atoms with Crippen molar-refractivity contribution in [3.63, 3.8) is 0 Å². The van der Waals surface area contributed by atoms with Crippen LogP contribution in [0.5, 0.6) is 0 Å². The zero-order chi connectivity index (χ0) is 24.6. The molecular formula is C26H23F3N4O2. The van der Waals surface area contributed by atoms with Gasteiger partial charge in [-0.1, -0.05) is 37.5 Å². The molecule has 0 spiro atoms. The van der Waals surface area contributed by atoms with Crippen LogP contribution in [0.25, 0.3) is 21.8 Å². The van der Waals surface area contributed by atoms with E-state index in [2.05, 4.69) is 20.6 Å². The van der Waals surface area contributed by atoms with Crippen LogP contribution >= 0.6 is 0 Å². The lowest BCUT2D eigenvalue weighted by molar-refractivity contribution is -0.227. The number of halogens is 3. The van der Waals surface area contributed by atoms with E-state index in [0.717, 1.165) is 10.8 Å². The quantitative estimate of drug-likeness (QED) is 0.301. The van der Waals surface area contributed by atoms with Gasteiger partial charge < -0.3 is 15.6 Å². The molecule has 0 bridgehead atoms. The van der Waals surface area contributed by atoms with Crippen molar-refractivity contribution in [2.24, 2.45) is 5.41 Å². The SMILES string of the molecule is O=C(Nc1ccc(Nc2ccnc3[nH]c(=O)c4ccccc4c23)cc1)C1(C(F)(F)F)CCCCC1. The summed E-state index contributed by atoms with van der Waals surface area (Å²) < 4.78 is 41.5. The van der Waals surface area contributed by atoms with Gasteiger partial charge in [-0.25, -0.2) is 4.98 Å². The number of benzene rings is 2. The second kappa shape index (κ2) is 8.72. The first kappa shape index (κ1) is 22.9. The monoisotopic (exact) mass is 480 g/mol. The molecule has 4 aromatic rings. The number of carbonyl (C=O) groups is 1. The van der Waals surface area contributed by atoms with Crippen LogP contribution in [0.2, 0.25) is 0 Å². The molecule has 0 radical (unpaired) electrons. The summed E-state index contributed by atoms with van der Waals surface area (Å²) in [5.41, 5.74) is -0.466. The van der Waals surface area contributed by atoms with E-state index in [4.69, 9.17) is 0 Å². The summed E-state index contributed by atoms with van der Waals surface area (Å²) in [6.07, 6.45) is -1.92. The van der Waals surface area contributed by atoms with E-state index < -0.39 is 17.5 Å². The Kier molecular flexibility index (Phi) is 5.70. The van der Waals surface area contributed by atoms with Crippen LogP contribution in [0.3, 0.4) is 0 Å². The lowest BCUT2D eigenvalue weighted by Crippen LogP contribution is -2.49. The van der Waals surface area contributed by atoms with Crippen molar-refractivity contribution in [3.8, 4) is 0 Å². The molecule has 35 heavy (non-hydrogen) atoms. The normalized spacial score (nSPS) is 15.7. The third kappa shape index (κ3) is 4.11. The first-order valence-corrected chi connectivity index (χ1v) is 11.4. The van der Waals surface area contributed by atoms with Crippen molar-refractivity contribution in [2.75, 3.05) is 10.6 Å². The summed E-state index contributed by atoms with van der Waals surface area (Å²) in [7, 11) is 0. The molecule has 2 heterocycles. The van der Waals surface area contributed by atoms with Gasteiger partial charge in [-0.3, -0.25) is 9.59 Å². The predicted octanol–water partition coefficient (Wildman–Crippen LogP) is 6.27. The van der Waals surface area contributed by atoms with E-state index in [0.29, 0.717) is 47.4 Å². The number of nitrogens with one attached hydrogen (secondary N) is 3. The number of alkyl halides is 3. The number of aromatic amines is 1. The summed E-state index contributed by atoms with van der Waals surface area (Å²) in [6, 6.07) is 15.5. The Morgan fingerprint density at radius 1 is 0.914 bits per heavy atom. The zero-order valence-electron chi connectivity index (χ0n) is 18.7. The highest BCUT2D eigenvalue weighted by molar-refractivity contribution is 6.10. The largest absolute Gasteiger partial charge is 0.403 e. The summed E-state index contributed by atoms with van der Waals surface area (Å²) in [6.45, 7) is 0. The highest BCUT2D eigenvalue weighted by Crippen LogP contribution is 2.49. The van der Waals surface area contributed by atoms with Gasteiger partial charge in [0.2, 0.25) is 5.91 Å². The standard InChI is InChI=1S/C26H23F3N4O2/c27-26(28,29)25(13-4-1-5-14-25)24(35)32-17-10-8-16(9-11-17)31-20-12-15-30-22-21(20)18-6-2-3-7-19(18)23(34)33-22/h2-3,6-12,15H,1,4-5,13-14H2,(H,32,35)(H2,30,31,33,34). The molecule has 5 rings (SSSR count). The fraction of sp³-hybridized carbons (Fsp3) is 0.269. The van der Waals surface area contributed by atoms with Crippen LogP contribution in [-0.4, -0.2) is 22.1 Å². The summed E-state index contributed by atoms with van der Waals surface area (Å²) >= 11 is 0. The number of nitrogens with zero attached hydrogens (tertiary/aromatic N) is 1. The van der Waals surface area contributed by atoms with Gasteiger partial charge in [-0.15, -0.1) is 0 Å². The Morgan fingerprint density at radius 3 is 2.26 bits per heavy atom. The number of fused-ring (bicyclic) bond motifs is 3. The van der Waals surface area contributed by atoms with Crippen LogP contribution in [0.1, 0.15) is 32.1 Å². The third-order valence-corrected chi connectivity index (χ3v) is 6.73. The molecule has 6 nitrogen and oxygen atoms in total. The molecule has 0 unspecified atom stereocenters. The molecule has 9 heteroatoms. The average Bonchev–Trinajstić information content (AvgIpc) is 2.85. The van der Waals surface area contributed by atoms with Gasteiger partial charge in [0.25, 0.3) is 5.56 Å². The number of amides is 1. The number of hydrogen-bond acceptors (Lipinski definition) is 4. The fourth-order valence-corrected chi connectivity index (χ4v) is 4.85. The van der Waals surface area contributed by atoms with E-state index in [1.807, 2.05) is 12.1 Å². The maximum absolute atomic E-state index is 13.8. The van der Waals surface area contributed by atoms with E-state index in [1.165, 1.54) is 0 Å². The molecule has 1 fully saturated rings. The maximum atomic E-state index is 13.8. The Morgan fingerprint density at radius 2 is 1.57 bits per heavy atom. The number of hydrogen-bond donors (Lipinski definition) is 3. The fourth-order valence-electron chi connectivity index (χ4n) is 4.85. The summed E-state index contributed by atoms with van der Waals surface area (Å²) in [5.74, 6) is -0.999. The number of pyridine rings is 2. The number of H-pyrrole nitrogens is 1. The van der Waals surface area contributed by atoms with Crippen molar-refractivity contribution < 1.29 is 18.0 Å². The van der Waals surface area contributed by atoms with Crippen molar-refractivity contribution >= 4 is 44.8 Å². The number of aromatic nitrogens is 2. The van der Waals surface area contributed by atoms with Crippen molar-refractivity contribution in [1.29, 1.82) is 0 Å². The Labute approximate surface area is 198 Å². The Hall–Kier alpha value is -3.88. The van der Waals surface area contributed by atoms with Crippen LogP contribution < -0.4 is 16.2 Å². The van der Waals surface area contributed by atoms with Crippen LogP contribution in [-0.2, 0) is 4.79 Å². The first-order valence-electron chi connectivity index (χ1n) is 11.4. The van der Waals surface area contributed by atoms with E-state index >= 15 is 0 Å². The molecule has 0 aliphatic heterocycles. The first-order chi connectivity index (χ1) is 16.8. The highest BCUT2D eigenvalue weighted by atomic mass is 19.4. The maximum Gasteiger partial charge on any atom is 0.403 e. The molecule has 2 aromatic carbocycles. The van der Waals surface area contributed by atoms with Crippen molar-refractivity contribution in [1.82, 2.24) is 9.97 Å². The molecule has 3 N–H and O–H groups in total. The molecular weight excluding hydrogens is 457 g/mol. The van der Waals surface area contributed by atoms with E-state index in [-0.39, 0.29) is 18.4 Å². The van der Waals surface area contributed by atoms with Gasteiger partial charge in [0.15, 0.2) is 0 Å². The zero-order valence-corrected chi connectivity index (χ0v) is 18.7. The van der Waals surface area contributed by atoms with E-state index in [1.54, 1.807) is 48.7 Å². The molecule has 180 valence electrons. The lowest BCUT2D eigenvalue weighted by Gasteiger charge is -2.37. The summed E-state index contributed by atoms with van der Waals surface area (Å²) in [4.78, 5) is 32.2. The molecule has 1 saturated carbocycles. The number of carbonyl (C=O) groups excluding carboxylic acids is 1. The van der Waals surface area contributed by atoms with Crippen LogP contribution in [0.15, 0.2) is 65.6 Å². The van der Waals surface area contributed by atoms with Gasteiger partial charge in [0, 0.05) is 33.7 Å². The minimum atomic E-state index is -4.59. The second-order valence-corrected chi connectivity index (χ2v) is 8.88. The smallest absolute Gasteiger partial charge is 0.355 e. The van der Waals surface area contributed by atoms with Gasteiger partial charge in [-0.05, 0) is 49.2 Å². The third-order valence-electron chi connectivity index (χ3n) is 6.73. The van der Waals surface area contributed by atoms with E-state index in [9.17, 15) is 22.8 Å². The Bertz CT molecular complexity index is 1460. The summed E-state index contributed by atoms with van der Waals surface area (Å²) in [5, 5.41) is 7.78. The van der Waals surface area contributed by atoms with Gasteiger partial charge >= 0.3 is 6.18 Å². The molecule has 0 saturated heterocycles. The molecule has 1 aliphatic rings. The number of anilines is 3. The molecule has 1 amide bonds. The molecule has 0 atom stereocenters.